The van der Waals surface area contributed by atoms with Gasteiger partial charge in [0.05, 0.1) is 6.04 Å². The number of hydrogen-bond donors (Lipinski definition) is 2. The first-order chi connectivity index (χ1) is 12.1. The van der Waals surface area contributed by atoms with Crippen LogP contribution in [0.1, 0.15) is 44.0 Å². The third kappa shape index (κ3) is 5.47. The van der Waals surface area contributed by atoms with Crippen LogP contribution >= 0.6 is 15.9 Å². The fourth-order valence-corrected chi connectivity index (χ4v) is 2.68. The number of halogens is 3. The normalized spacial score (nSPS) is 13.8. The Morgan fingerprint density at radius 1 is 1.27 bits per heavy atom. The van der Waals surface area contributed by atoms with Gasteiger partial charge in [0.1, 0.15) is 23.3 Å². The van der Waals surface area contributed by atoms with Crippen LogP contribution in [0.5, 0.6) is 0 Å². The summed E-state index contributed by atoms with van der Waals surface area (Å²) in [6.45, 7) is 5.06. The quantitative estimate of drug-likeness (QED) is 0.755. The maximum Gasteiger partial charge on any atom is 0.408 e. The molecule has 0 saturated heterocycles. The van der Waals surface area contributed by atoms with Gasteiger partial charge in [-0.3, -0.25) is 4.98 Å². The molecule has 5 nitrogen and oxygen atoms in total. The number of hydrogen-bond acceptors (Lipinski definition) is 4. The second kappa shape index (κ2) is 8.09. The number of carbonyl (C=O) groups is 1. The Balaban J connectivity index is 2.39. The molecule has 0 aliphatic carbocycles. The molecule has 1 amide bonds. The van der Waals surface area contributed by atoms with Gasteiger partial charge in [0.25, 0.3) is 0 Å². The van der Waals surface area contributed by atoms with E-state index in [0.29, 0.717) is 10.0 Å². The molecular formula is C18H19BrF2N2O3. The van der Waals surface area contributed by atoms with E-state index < -0.39 is 35.5 Å². The molecule has 8 heteroatoms. The topological polar surface area (TPSA) is 71.5 Å². The molecule has 2 rings (SSSR count). The van der Waals surface area contributed by atoms with Crippen molar-refractivity contribution in [1.29, 1.82) is 0 Å². The lowest BCUT2D eigenvalue weighted by atomic mass is 9.96. The van der Waals surface area contributed by atoms with E-state index in [2.05, 4.69) is 26.2 Å². The van der Waals surface area contributed by atoms with Gasteiger partial charge in [0.15, 0.2) is 0 Å². The molecule has 0 spiro atoms. The number of ether oxygens (including phenoxy) is 1. The lowest BCUT2D eigenvalue weighted by Crippen LogP contribution is -2.37. The smallest absolute Gasteiger partial charge is 0.408 e. The minimum atomic E-state index is -1.56. The molecule has 0 saturated carbocycles. The van der Waals surface area contributed by atoms with Crippen molar-refractivity contribution in [3.8, 4) is 0 Å². The van der Waals surface area contributed by atoms with Gasteiger partial charge in [-0.25, -0.2) is 13.6 Å². The number of carbonyl (C=O) groups excluding carboxylic acids is 1. The molecule has 2 aromatic rings. The minimum Gasteiger partial charge on any atom is -0.444 e. The first kappa shape index (κ1) is 20.3. The molecule has 26 heavy (non-hydrogen) atoms. The van der Waals surface area contributed by atoms with Gasteiger partial charge in [-0.15, -0.1) is 0 Å². The van der Waals surface area contributed by atoms with E-state index in [-0.39, 0.29) is 5.56 Å². The van der Waals surface area contributed by atoms with Crippen LogP contribution in [0.2, 0.25) is 0 Å². The average molecular weight is 429 g/mol. The van der Waals surface area contributed by atoms with Crippen LogP contribution in [-0.2, 0) is 4.74 Å². The van der Waals surface area contributed by atoms with Crippen LogP contribution in [0.25, 0.3) is 0 Å². The van der Waals surface area contributed by atoms with Crippen LogP contribution in [0, 0.1) is 11.6 Å². The average Bonchev–Trinajstić information content (AvgIpc) is 2.52. The fraction of sp³-hybridized carbons (Fsp3) is 0.333. The van der Waals surface area contributed by atoms with Crippen LogP contribution in [0.4, 0.5) is 13.6 Å². The van der Waals surface area contributed by atoms with Gasteiger partial charge in [-0.1, -0.05) is 0 Å². The number of nitrogens with one attached hydrogen (secondary N) is 1. The Morgan fingerprint density at radius 2 is 1.96 bits per heavy atom. The molecule has 0 fully saturated rings. The summed E-state index contributed by atoms with van der Waals surface area (Å²) in [7, 11) is 0. The summed E-state index contributed by atoms with van der Waals surface area (Å²) in [4.78, 5) is 16.2. The number of pyridine rings is 1. The van der Waals surface area contributed by atoms with Crippen molar-refractivity contribution in [3.63, 3.8) is 0 Å². The van der Waals surface area contributed by atoms with Crippen molar-refractivity contribution in [2.24, 2.45) is 0 Å². The third-order valence-corrected chi connectivity index (χ3v) is 3.78. The van der Waals surface area contributed by atoms with Crippen LogP contribution < -0.4 is 5.32 Å². The van der Waals surface area contributed by atoms with E-state index in [9.17, 15) is 18.7 Å². The third-order valence-electron chi connectivity index (χ3n) is 3.35. The summed E-state index contributed by atoms with van der Waals surface area (Å²) in [6.07, 6.45) is 0.559. The molecule has 0 aliphatic heterocycles. The maximum atomic E-state index is 14.1. The molecule has 0 aliphatic rings. The molecule has 1 aromatic carbocycles. The molecule has 1 heterocycles. The van der Waals surface area contributed by atoms with Crippen molar-refractivity contribution in [1.82, 2.24) is 10.3 Å². The number of alkyl carbamates (subject to hydrolysis) is 1. The first-order valence-electron chi connectivity index (χ1n) is 7.80. The number of aromatic nitrogens is 1. The standard InChI is InChI=1S/C18H19BrF2N2O3/c1-18(2,3)26-17(25)23-15(10-6-11(19)9-22-8-10)16(24)13-7-12(20)4-5-14(13)21/h4-9,15-16,24H,1-3H3,(H,23,25)/t15-,16+/m1/s1. The second-order valence-electron chi connectivity index (χ2n) is 6.67. The molecule has 0 radical (unpaired) electrons. The fourth-order valence-electron chi connectivity index (χ4n) is 2.30. The van der Waals surface area contributed by atoms with Crippen LogP contribution in [-0.4, -0.2) is 21.8 Å². The van der Waals surface area contributed by atoms with E-state index in [4.69, 9.17) is 4.74 Å². The zero-order chi connectivity index (χ0) is 19.5. The van der Waals surface area contributed by atoms with E-state index in [1.807, 2.05) is 0 Å². The Bertz CT molecular complexity index is 796. The van der Waals surface area contributed by atoms with E-state index in [1.54, 1.807) is 26.8 Å². The zero-order valence-corrected chi connectivity index (χ0v) is 16.0. The molecule has 2 N–H and O–H groups in total. The highest BCUT2D eigenvalue weighted by molar-refractivity contribution is 9.10. The first-order valence-corrected chi connectivity index (χ1v) is 8.59. The van der Waals surface area contributed by atoms with Crippen molar-refractivity contribution in [2.75, 3.05) is 0 Å². The Labute approximate surface area is 158 Å². The van der Waals surface area contributed by atoms with Crippen molar-refractivity contribution in [3.05, 3.63) is 63.9 Å². The lowest BCUT2D eigenvalue weighted by Gasteiger charge is -2.27. The van der Waals surface area contributed by atoms with Crippen molar-refractivity contribution < 1.29 is 23.4 Å². The predicted molar refractivity (Wildman–Crippen MR) is 95.4 cm³/mol. The summed E-state index contributed by atoms with van der Waals surface area (Å²) >= 11 is 3.25. The van der Waals surface area contributed by atoms with Gasteiger partial charge in [0.2, 0.25) is 0 Å². The number of benzene rings is 1. The van der Waals surface area contributed by atoms with E-state index in [1.165, 1.54) is 12.4 Å². The van der Waals surface area contributed by atoms with E-state index >= 15 is 0 Å². The van der Waals surface area contributed by atoms with Crippen molar-refractivity contribution >= 4 is 22.0 Å². The summed E-state index contributed by atoms with van der Waals surface area (Å²) in [5.74, 6) is -1.50. The Morgan fingerprint density at radius 3 is 2.58 bits per heavy atom. The molecule has 140 valence electrons. The van der Waals surface area contributed by atoms with Gasteiger partial charge in [-0.2, -0.15) is 0 Å². The van der Waals surface area contributed by atoms with Gasteiger partial charge in [0, 0.05) is 22.4 Å². The largest absolute Gasteiger partial charge is 0.444 e. The monoisotopic (exact) mass is 428 g/mol. The van der Waals surface area contributed by atoms with E-state index in [0.717, 1.165) is 18.2 Å². The highest BCUT2D eigenvalue weighted by Gasteiger charge is 2.29. The molecule has 2 atom stereocenters. The lowest BCUT2D eigenvalue weighted by molar-refractivity contribution is 0.0415. The number of rotatable bonds is 4. The minimum absolute atomic E-state index is 0.286. The zero-order valence-electron chi connectivity index (χ0n) is 14.5. The molecule has 0 unspecified atom stereocenters. The SMILES string of the molecule is CC(C)(C)OC(=O)N[C@H](c1cncc(Br)c1)[C@@H](O)c1cc(F)ccc1F. The molecule has 0 bridgehead atoms. The Hall–Kier alpha value is -2.06. The summed E-state index contributed by atoms with van der Waals surface area (Å²) in [5.41, 5.74) is -0.661. The highest BCUT2D eigenvalue weighted by Crippen LogP contribution is 2.32. The number of aliphatic hydroxyl groups excluding tert-OH is 1. The maximum absolute atomic E-state index is 14.1. The molecule has 1 aromatic heterocycles. The van der Waals surface area contributed by atoms with Crippen molar-refractivity contribution in [2.45, 2.75) is 38.5 Å². The number of aliphatic hydroxyl groups is 1. The van der Waals surface area contributed by atoms with Crippen LogP contribution in [0.3, 0.4) is 0 Å². The predicted octanol–water partition coefficient (Wildman–Crippen LogP) is 4.42. The van der Waals surface area contributed by atoms with Gasteiger partial charge in [-0.05, 0) is 66.5 Å². The second-order valence-corrected chi connectivity index (χ2v) is 7.59. The summed E-state index contributed by atoms with van der Waals surface area (Å²) < 4.78 is 33.4. The van der Waals surface area contributed by atoms with Gasteiger partial charge < -0.3 is 15.2 Å². The Kier molecular flexibility index (Phi) is 6.30. The summed E-state index contributed by atoms with van der Waals surface area (Å²) in [6, 6.07) is 3.25. The summed E-state index contributed by atoms with van der Waals surface area (Å²) in [5, 5.41) is 13.2. The number of nitrogens with zero attached hydrogens (tertiary/aromatic N) is 1. The van der Waals surface area contributed by atoms with Crippen LogP contribution in [0.15, 0.2) is 41.1 Å². The van der Waals surface area contributed by atoms with Gasteiger partial charge >= 0.3 is 6.09 Å². The molecular weight excluding hydrogens is 410 g/mol. The number of amides is 1. The highest BCUT2D eigenvalue weighted by atomic mass is 79.9.